The summed E-state index contributed by atoms with van der Waals surface area (Å²) >= 11 is 6.61. The Labute approximate surface area is 219 Å². The van der Waals surface area contributed by atoms with E-state index in [9.17, 15) is 4.79 Å². The maximum absolute atomic E-state index is 12.4. The highest BCUT2D eigenvalue weighted by Crippen LogP contribution is 2.31. The smallest absolute Gasteiger partial charge is 0.416 e. The molecule has 2 aliphatic heterocycles. The molecule has 3 aromatic rings. The van der Waals surface area contributed by atoms with Crippen LogP contribution in [0.3, 0.4) is 0 Å². The summed E-state index contributed by atoms with van der Waals surface area (Å²) in [5, 5.41) is 0.369. The second kappa shape index (κ2) is 10.3. The van der Waals surface area contributed by atoms with Gasteiger partial charge in [0.25, 0.3) is 0 Å². The van der Waals surface area contributed by atoms with Gasteiger partial charge in [-0.25, -0.2) is 34.6 Å². The molecule has 2 aliphatic rings. The van der Waals surface area contributed by atoms with Gasteiger partial charge in [-0.15, -0.1) is 0 Å². The summed E-state index contributed by atoms with van der Waals surface area (Å²) in [6, 6.07) is 0. The van der Waals surface area contributed by atoms with Gasteiger partial charge in [-0.2, -0.15) is 0 Å². The molecule has 0 spiro atoms. The Morgan fingerprint density at radius 2 is 1.86 bits per heavy atom. The number of rotatable bonds is 5. The van der Waals surface area contributed by atoms with Crippen molar-refractivity contribution in [2.24, 2.45) is 5.92 Å². The summed E-state index contributed by atoms with van der Waals surface area (Å²) in [5.41, 5.74) is 1.28. The first-order valence-corrected chi connectivity index (χ1v) is 12.7. The molecule has 3 aromatic heterocycles. The molecule has 1 unspecified atom stereocenters. The molecule has 37 heavy (non-hydrogen) atoms. The van der Waals surface area contributed by atoms with Gasteiger partial charge in [0.15, 0.2) is 22.8 Å². The zero-order valence-electron chi connectivity index (χ0n) is 21.5. The predicted octanol–water partition coefficient (Wildman–Crippen LogP) is 3.18. The zero-order chi connectivity index (χ0) is 26.2. The van der Waals surface area contributed by atoms with Crippen molar-refractivity contribution >= 4 is 40.6 Å². The number of carbonyl (C=O) groups is 1. The Balaban J connectivity index is 1.51. The number of aromatic nitrogens is 6. The monoisotopic (exact) mass is 530 g/mol. The minimum atomic E-state index is -0.626. The van der Waals surface area contributed by atoms with Crippen LogP contribution in [0.2, 0.25) is 5.28 Å². The molecule has 0 N–H and O–H groups in total. The number of morpholine rings is 1. The van der Waals surface area contributed by atoms with E-state index < -0.39 is 11.7 Å². The number of halogens is 1. The fraction of sp³-hybridized carbons (Fsp3) is 0.583. The van der Waals surface area contributed by atoms with E-state index >= 15 is 0 Å². The highest BCUT2D eigenvalue weighted by Gasteiger charge is 2.26. The van der Waals surface area contributed by atoms with Crippen LogP contribution in [0.25, 0.3) is 22.6 Å². The third-order valence-corrected chi connectivity index (χ3v) is 6.46. The van der Waals surface area contributed by atoms with Gasteiger partial charge in [-0.1, -0.05) is 0 Å². The second-order valence-electron chi connectivity index (χ2n) is 10.2. The van der Waals surface area contributed by atoms with Crippen LogP contribution in [-0.2, 0) is 20.8 Å². The molecule has 5 heterocycles. The Kier molecular flexibility index (Phi) is 7.15. The zero-order valence-corrected chi connectivity index (χ0v) is 22.2. The highest BCUT2D eigenvalue weighted by molar-refractivity contribution is 6.29. The molecule has 0 bridgehead atoms. The molecule has 198 valence electrons. The number of anilines is 2. The van der Waals surface area contributed by atoms with E-state index in [0.29, 0.717) is 79.0 Å². The van der Waals surface area contributed by atoms with E-state index in [0.717, 1.165) is 13.0 Å². The Bertz CT molecular complexity index is 1260. The molecule has 1 atom stereocenters. The lowest BCUT2D eigenvalue weighted by atomic mass is 10.1. The molecule has 2 saturated heterocycles. The summed E-state index contributed by atoms with van der Waals surface area (Å²) in [6.45, 7) is 10.1. The van der Waals surface area contributed by atoms with Crippen molar-refractivity contribution in [2.75, 3.05) is 56.4 Å². The number of imidazole rings is 1. The lowest BCUT2D eigenvalue weighted by Crippen LogP contribution is -2.37. The number of carbonyl (C=O) groups excluding carboxylic acids is 1. The predicted molar refractivity (Wildman–Crippen MR) is 138 cm³/mol. The van der Waals surface area contributed by atoms with Crippen molar-refractivity contribution in [3.8, 4) is 11.4 Å². The molecular weight excluding hydrogens is 500 g/mol. The lowest BCUT2D eigenvalue weighted by Gasteiger charge is -2.28. The van der Waals surface area contributed by atoms with Crippen molar-refractivity contribution in [3.05, 3.63) is 17.7 Å². The van der Waals surface area contributed by atoms with E-state index in [1.807, 2.05) is 4.57 Å². The minimum Gasteiger partial charge on any atom is -0.443 e. The van der Waals surface area contributed by atoms with Crippen molar-refractivity contribution in [3.63, 3.8) is 0 Å². The van der Waals surface area contributed by atoms with Crippen LogP contribution >= 0.6 is 11.6 Å². The van der Waals surface area contributed by atoms with Crippen molar-refractivity contribution in [1.82, 2.24) is 29.5 Å². The first-order chi connectivity index (χ1) is 17.7. The van der Waals surface area contributed by atoms with Crippen molar-refractivity contribution < 1.29 is 19.0 Å². The van der Waals surface area contributed by atoms with E-state index in [4.69, 9.17) is 35.8 Å². The molecule has 5 rings (SSSR count). The number of hydrogen-bond acceptors (Lipinski definition) is 10. The summed E-state index contributed by atoms with van der Waals surface area (Å²) in [6.07, 6.45) is 3.62. The van der Waals surface area contributed by atoms with Gasteiger partial charge in [-0.3, -0.25) is 4.57 Å². The van der Waals surface area contributed by atoms with E-state index in [2.05, 4.69) is 19.9 Å². The van der Waals surface area contributed by atoms with Gasteiger partial charge >= 0.3 is 6.09 Å². The number of fused-ring (bicyclic) bond motifs is 1. The Hall–Kier alpha value is -3.09. The van der Waals surface area contributed by atoms with Crippen LogP contribution in [0.1, 0.15) is 27.2 Å². The van der Waals surface area contributed by atoms with Gasteiger partial charge in [0.05, 0.1) is 25.4 Å². The largest absolute Gasteiger partial charge is 0.443 e. The maximum Gasteiger partial charge on any atom is 0.416 e. The molecule has 12 nitrogen and oxygen atoms in total. The molecule has 0 aliphatic carbocycles. The van der Waals surface area contributed by atoms with Gasteiger partial charge < -0.3 is 19.1 Å². The molecular formula is C24H31ClN8O4. The van der Waals surface area contributed by atoms with Crippen LogP contribution in [0, 0.1) is 5.92 Å². The number of nitrogens with zero attached hydrogens (tertiary/aromatic N) is 8. The third kappa shape index (κ3) is 5.60. The molecule has 1 amide bonds. The third-order valence-electron chi connectivity index (χ3n) is 6.17. The quantitative estimate of drug-likeness (QED) is 0.454. The van der Waals surface area contributed by atoms with Crippen molar-refractivity contribution in [2.45, 2.75) is 39.3 Å². The average molecular weight is 531 g/mol. The number of amides is 1. The standard InChI is InChI=1S/C24H31ClN8O4/c1-24(2,3)37-23(34)31(4)22-26-11-16(12-27-22)18-29-19(32-6-9-35-10-7-32)17-20(30-18)33(21(25)28-17)13-15-5-8-36-14-15/h11-12,15H,5-10,13-14H2,1-4H3. The number of hydrogen-bond donors (Lipinski definition) is 0. The fourth-order valence-electron chi connectivity index (χ4n) is 4.25. The average Bonchev–Trinajstić information content (AvgIpc) is 3.50. The Morgan fingerprint density at radius 1 is 1.14 bits per heavy atom. The van der Waals surface area contributed by atoms with Gasteiger partial charge in [0.1, 0.15) is 5.60 Å². The van der Waals surface area contributed by atoms with E-state index in [1.165, 1.54) is 4.90 Å². The Morgan fingerprint density at radius 3 is 2.51 bits per heavy atom. The molecule has 2 fully saturated rings. The summed E-state index contributed by atoms with van der Waals surface area (Å²) in [7, 11) is 1.56. The number of ether oxygens (including phenoxy) is 3. The maximum atomic E-state index is 12.4. The summed E-state index contributed by atoms with van der Waals surface area (Å²) < 4.78 is 18.4. The highest BCUT2D eigenvalue weighted by atomic mass is 35.5. The normalized spacial score (nSPS) is 18.4. The lowest BCUT2D eigenvalue weighted by molar-refractivity contribution is 0.0587. The van der Waals surface area contributed by atoms with Gasteiger partial charge in [-0.05, 0) is 38.8 Å². The fourth-order valence-corrected chi connectivity index (χ4v) is 4.49. The molecule has 0 saturated carbocycles. The first kappa shape index (κ1) is 25.6. The second-order valence-corrected chi connectivity index (χ2v) is 10.5. The minimum absolute atomic E-state index is 0.210. The van der Waals surface area contributed by atoms with Crippen LogP contribution < -0.4 is 9.80 Å². The summed E-state index contributed by atoms with van der Waals surface area (Å²) in [5.74, 6) is 1.69. The van der Waals surface area contributed by atoms with Gasteiger partial charge in [0.2, 0.25) is 11.2 Å². The summed E-state index contributed by atoms with van der Waals surface area (Å²) in [4.78, 5) is 38.9. The van der Waals surface area contributed by atoms with Crippen LogP contribution in [0.15, 0.2) is 12.4 Å². The van der Waals surface area contributed by atoms with Crippen LogP contribution in [0.5, 0.6) is 0 Å². The first-order valence-electron chi connectivity index (χ1n) is 12.3. The van der Waals surface area contributed by atoms with Crippen molar-refractivity contribution in [1.29, 1.82) is 0 Å². The molecule has 0 radical (unpaired) electrons. The van der Waals surface area contributed by atoms with Gasteiger partial charge in [0, 0.05) is 51.6 Å². The molecule has 13 heteroatoms. The van der Waals surface area contributed by atoms with Crippen LogP contribution in [-0.4, -0.2) is 87.7 Å². The molecule has 0 aromatic carbocycles. The topological polar surface area (TPSA) is 121 Å². The van der Waals surface area contributed by atoms with E-state index in [1.54, 1.807) is 40.2 Å². The van der Waals surface area contributed by atoms with E-state index in [-0.39, 0.29) is 5.95 Å². The SMILES string of the molecule is CN(C(=O)OC(C)(C)C)c1ncc(-c2nc(N3CCOCC3)c3nc(Cl)n(CC4CCOC4)c3n2)cn1. The van der Waals surface area contributed by atoms with Crippen LogP contribution in [0.4, 0.5) is 16.6 Å².